The van der Waals surface area contributed by atoms with E-state index in [1.807, 2.05) is 0 Å². The molecule has 9 heteroatoms. The van der Waals surface area contributed by atoms with Gasteiger partial charge in [-0.05, 0) is 48.2 Å². The number of rotatable bonds is 6. The van der Waals surface area contributed by atoms with Crippen molar-refractivity contribution in [2.75, 3.05) is 28.4 Å². The number of carboxylic acid groups (broad SMARTS) is 1. The molecule has 2 aromatic rings. The summed E-state index contributed by atoms with van der Waals surface area (Å²) in [5, 5.41) is 9.58. The average Bonchev–Trinajstić information content (AvgIpc) is 3.01. The smallest absolute Gasteiger partial charge is 0.335 e. The van der Waals surface area contributed by atoms with Crippen molar-refractivity contribution in [3.8, 4) is 17.2 Å². The number of likely N-dealkylation sites (N-methyl/N-ethyl adjacent to an activating group) is 1. The van der Waals surface area contributed by atoms with Gasteiger partial charge in [0, 0.05) is 12.6 Å². The molecule has 8 nitrogen and oxygen atoms in total. The third-order valence-corrected chi connectivity index (χ3v) is 5.40. The van der Waals surface area contributed by atoms with Crippen LogP contribution < -0.4 is 14.2 Å². The number of methoxy groups -OCH3 is 3. The van der Waals surface area contributed by atoms with Gasteiger partial charge in [-0.2, -0.15) is 0 Å². The van der Waals surface area contributed by atoms with Crippen LogP contribution in [0.15, 0.2) is 46.3 Å². The van der Waals surface area contributed by atoms with Crippen molar-refractivity contribution in [3.05, 3.63) is 52.4 Å². The molecule has 0 atom stereocenters. The Balaban J connectivity index is 1.98. The maximum atomic E-state index is 12.7. The average molecular weight is 428 g/mol. The van der Waals surface area contributed by atoms with E-state index in [9.17, 15) is 9.59 Å². The maximum absolute atomic E-state index is 12.7. The van der Waals surface area contributed by atoms with Crippen LogP contribution in [0.1, 0.15) is 15.9 Å². The summed E-state index contributed by atoms with van der Waals surface area (Å²) in [4.78, 5) is 30.2. The molecule has 1 saturated heterocycles. The second-order valence-corrected chi connectivity index (χ2v) is 7.16. The number of hydrogen-bond acceptors (Lipinski definition) is 7. The van der Waals surface area contributed by atoms with Gasteiger partial charge in [0.15, 0.2) is 16.7 Å². The van der Waals surface area contributed by atoms with E-state index < -0.39 is 5.97 Å². The van der Waals surface area contributed by atoms with Crippen LogP contribution in [0.5, 0.6) is 17.2 Å². The summed E-state index contributed by atoms with van der Waals surface area (Å²) in [6.07, 6.45) is 1.69. The van der Waals surface area contributed by atoms with E-state index in [1.165, 1.54) is 50.1 Å². The summed E-state index contributed by atoms with van der Waals surface area (Å²) in [6, 6.07) is 9.72. The molecule has 0 spiro atoms. The van der Waals surface area contributed by atoms with Gasteiger partial charge in [0.2, 0.25) is 5.75 Å². The Labute approximate surface area is 177 Å². The number of ether oxygens (including phenoxy) is 3. The molecule has 1 N–H and O–H groups in total. The molecule has 0 unspecified atom stereocenters. The van der Waals surface area contributed by atoms with Crippen LogP contribution in [-0.4, -0.2) is 55.4 Å². The molecule has 0 aromatic heterocycles. The van der Waals surface area contributed by atoms with Gasteiger partial charge in [-0.1, -0.05) is 6.07 Å². The van der Waals surface area contributed by atoms with Crippen LogP contribution >= 0.6 is 11.8 Å². The molecule has 156 valence electrons. The monoisotopic (exact) mass is 428 g/mol. The molecule has 0 saturated carbocycles. The summed E-state index contributed by atoms with van der Waals surface area (Å²) in [7, 11) is 6.17. The van der Waals surface area contributed by atoms with Crippen LogP contribution in [0.3, 0.4) is 0 Å². The molecule has 0 aliphatic carbocycles. The van der Waals surface area contributed by atoms with Crippen molar-refractivity contribution in [1.82, 2.24) is 4.90 Å². The van der Waals surface area contributed by atoms with E-state index in [0.717, 1.165) is 0 Å². The van der Waals surface area contributed by atoms with Gasteiger partial charge in [0.1, 0.15) is 0 Å². The number of hydrogen-bond donors (Lipinski definition) is 1. The molecular weight excluding hydrogens is 408 g/mol. The minimum absolute atomic E-state index is 0.125. The highest BCUT2D eigenvalue weighted by Gasteiger charge is 2.31. The zero-order valence-corrected chi connectivity index (χ0v) is 17.6. The fraction of sp³-hybridized carbons (Fsp3) is 0.190. The zero-order chi connectivity index (χ0) is 21.8. The lowest BCUT2D eigenvalue weighted by molar-refractivity contribution is -0.121. The van der Waals surface area contributed by atoms with Gasteiger partial charge >= 0.3 is 5.97 Å². The Morgan fingerprint density at radius 3 is 2.47 bits per heavy atom. The fourth-order valence-corrected chi connectivity index (χ4v) is 3.83. The summed E-state index contributed by atoms with van der Waals surface area (Å²) in [5.74, 6) is 0.115. The number of thioether (sulfide) groups is 1. The van der Waals surface area contributed by atoms with E-state index in [-0.39, 0.29) is 11.5 Å². The molecule has 1 heterocycles. The highest BCUT2D eigenvalue weighted by molar-refractivity contribution is 8.18. The highest BCUT2D eigenvalue weighted by Crippen LogP contribution is 2.42. The Bertz CT molecular complexity index is 1060. The molecule has 1 amide bonds. The first-order valence-corrected chi connectivity index (χ1v) is 9.59. The molecule has 1 aliphatic heterocycles. The van der Waals surface area contributed by atoms with Gasteiger partial charge in [0.05, 0.1) is 37.5 Å². The standard InChI is InChI=1S/C21H20N2O6S/c1-23-19(24)16(11-12-8-9-15(27-2)18(29-4)17(12)28-3)30-21(23)22-14-7-5-6-13(10-14)20(25)26/h5-11H,1-4H3,(H,25,26)/b16-11-,22-21?. The minimum atomic E-state index is -1.04. The minimum Gasteiger partial charge on any atom is -0.493 e. The van der Waals surface area contributed by atoms with Gasteiger partial charge in [-0.25, -0.2) is 9.79 Å². The first-order valence-electron chi connectivity index (χ1n) is 8.78. The molecule has 3 rings (SSSR count). The number of aromatic carboxylic acids is 1. The van der Waals surface area contributed by atoms with E-state index in [0.29, 0.717) is 38.6 Å². The first kappa shape index (κ1) is 21.3. The van der Waals surface area contributed by atoms with Crippen LogP contribution in [0.2, 0.25) is 0 Å². The Hall–Kier alpha value is -3.46. The van der Waals surface area contributed by atoms with Crippen molar-refractivity contribution >= 4 is 40.6 Å². The lowest BCUT2D eigenvalue weighted by Crippen LogP contribution is -2.23. The topological polar surface area (TPSA) is 97.7 Å². The third-order valence-electron chi connectivity index (χ3n) is 4.34. The lowest BCUT2D eigenvalue weighted by Gasteiger charge is -2.14. The number of nitrogens with zero attached hydrogens (tertiary/aromatic N) is 2. The zero-order valence-electron chi connectivity index (χ0n) is 16.8. The highest BCUT2D eigenvalue weighted by atomic mass is 32.2. The van der Waals surface area contributed by atoms with Crippen LogP contribution in [0.4, 0.5) is 5.69 Å². The number of amidine groups is 1. The van der Waals surface area contributed by atoms with Crippen LogP contribution in [-0.2, 0) is 4.79 Å². The van der Waals surface area contributed by atoms with E-state index in [1.54, 1.807) is 37.4 Å². The Morgan fingerprint density at radius 1 is 1.10 bits per heavy atom. The molecule has 2 aromatic carbocycles. The van der Waals surface area contributed by atoms with E-state index in [2.05, 4.69) is 4.99 Å². The molecule has 1 aliphatic rings. The van der Waals surface area contributed by atoms with E-state index in [4.69, 9.17) is 19.3 Å². The first-order chi connectivity index (χ1) is 14.4. The number of carbonyl (C=O) groups excluding carboxylic acids is 1. The van der Waals surface area contributed by atoms with E-state index >= 15 is 0 Å². The SMILES string of the molecule is COc1ccc(/C=C2\SC(=Nc3cccc(C(=O)O)c3)N(C)C2=O)c(OC)c1OC. The van der Waals surface area contributed by atoms with Gasteiger partial charge < -0.3 is 19.3 Å². The largest absolute Gasteiger partial charge is 0.493 e. The Morgan fingerprint density at radius 2 is 1.83 bits per heavy atom. The van der Waals surface area contributed by atoms with Crippen molar-refractivity contribution < 1.29 is 28.9 Å². The third kappa shape index (κ3) is 4.11. The molecule has 1 fully saturated rings. The Kier molecular flexibility index (Phi) is 6.31. The molecule has 0 bridgehead atoms. The number of aliphatic imine (C=N–C) groups is 1. The van der Waals surface area contributed by atoms with Crippen molar-refractivity contribution in [2.24, 2.45) is 4.99 Å². The van der Waals surface area contributed by atoms with Gasteiger partial charge in [-0.15, -0.1) is 0 Å². The van der Waals surface area contributed by atoms with Crippen molar-refractivity contribution in [3.63, 3.8) is 0 Å². The van der Waals surface area contributed by atoms with Crippen LogP contribution in [0.25, 0.3) is 6.08 Å². The summed E-state index contributed by atoms with van der Waals surface area (Å²) in [5.41, 5.74) is 1.22. The second kappa shape index (κ2) is 8.91. The number of carboxylic acids is 1. The summed E-state index contributed by atoms with van der Waals surface area (Å²) < 4.78 is 16.1. The number of benzene rings is 2. The predicted molar refractivity (Wildman–Crippen MR) is 115 cm³/mol. The second-order valence-electron chi connectivity index (χ2n) is 6.15. The van der Waals surface area contributed by atoms with Gasteiger partial charge in [-0.3, -0.25) is 9.69 Å². The van der Waals surface area contributed by atoms with Crippen molar-refractivity contribution in [1.29, 1.82) is 0 Å². The van der Waals surface area contributed by atoms with Gasteiger partial charge in [0.25, 0.3) is 5.91 Å². The molecule has 0 radical (unpaired) electrons. The lowest BCUT2D eigenvalue weighted by atomic mass is 10.1. The summed E-state index contributed by atoms with van der Waals surface area (Å²) in [6.45, 7) is 0. The predicted octanol–water partition coefficient (Wildman–Crippen LogP) is 3.64. The molecule has 30 heavy (non-hydrogen) atoms. The maximum Gasteiger partial charge on any atom is 0.335 e. The van der Waals surface area contributed by atoms with Crippen LogP contribution in [0, 0.1) is 0 Å². The quantitative estimate of drug-likeness (QED) is 0.702. The number of carbonyl (C=O) groups is 2. The van der Waals surface area contributed by atoms with Crippen molar-refractivity contribution in [2.45, 2.75) is 0 Å². The fourth-order valence-electron chi connectivity index (χ4n) is 2.85. The summed E-state index contributed by atoms with van der Waals surface area (Å²) >= 11 is 1.19. The number of amides is 1. The normalized spacial score (nSPS) is 16.3. The molecular formula is C21H20N2O6S.